The number of ether oxygens (including phenoxy) is 2. The number of hydrogen-bond donors (Lipinski definition) is 0. The number of fused-ring (bicyclic) bond motifs is 1. The van der Waals surface area contributed by atoms with Crippen LogP contribution < -0.4 is 0 Å². The topological polar surface area (TPSA) is 87.5 Å². The second-order valence-corrected chi connectivity index (χ2v) is 7.63. The molecule has 7 nitrogen and oxygen atoms in total. The number of halogens is 1. The lowest BCUT2D eigenvalue weighted by Gasteiger charge is -2.08. The number of nitrogens with zero attached hydrogens (tertiary/aromatic N) is 2. The molecule has 9 heteroatoms. The summed E-state index contributed by atoms with van der Waals surface area (Å²) in [6, 6.07) is 4.00. The quantitative estimate of drug-likeness (QED) is 0.428. The number of esters is 2. The number of benzene rings is 1. The Morgan fingerprint density at radius 2 is 2.03 bits per heavy atom. The number of thiazole rings is 1. The molecule has 2 aromatic heterocycles. The Balaban J connectivity index is 1.94. The van der Waals surface area contributed by atoms with Gasteiger partial charge in [-0.2, -0.15) is 0 Å². The highest BCUT2D eigenvalue weighted by molar-refractivity contribution is 7.12. The van der Waals surface area contributed by atoms with E-state index in [2.05, 4.69) is 9.72 Å². The highest BCUT2D eigenvalue weighted by Gasteiger charge is 2.22. The van der Waals surface area contributed by atoms with Crippen molar-refractivity contribution in [3.05, 3.63) is 51.9 Å². The van der Waals surface area contributed by atoms with Crippen LogP contribution >= 0.6 is 11.3 Å². The SMILES string of the molecule is COC(=O)c1csc(C(=O)c2cn(COC(=O)CC(C)C)c3cc(F)ccc23)n1. The lowest BCUT2D eigenvalue weighted by molar-refractivity contribution is -0.148. The fraction of sp³-hybridized carbons (Fsp3) is 0.300. The van der Waals surface area contributed by atoms with Crippen molar-refractivity contribution in [1.82, 2.24) is 9.55 Å². The van der Waals surface area contributed by atoms with E-state index in [1.807, 2.05) is 13.8 Å². The first kappa shape index (κ1) is 20.7. The monoisotopic (exact) mass is 418 g/mol. The average Bonchev–Trinajstić information content (AvgIpc) is 3.30. The number of carbonyl (C=O) groups excluding carboxylic acids is 3. The molecular weight excluding hydrogens is 399 g/mol. The van der Waals surface area contributed by atoms with Crippen molar-refractivity contribution < 1.29 is 28.2 Å². The van der Waals surface area contributed by atoms with Gasteiger partial charge in [-0.1, -0.05) is 13.8 Å². The molecule has 2 heterocycles. The molecule has 1 aromatic carbocycles. The summed E-state index contributed by atoms with van der Waals surface area (Å²) in [6.45, 7) is 3.65. The van der Waals surface area contributed by atoms with Crippen molar-refractivity contribution >= 4 is 40.0 Å². The lowest BCUT2D eigenvalue weighted by atomic mass is 10.1. The molecule has 3 aromatic rings. The number of rotatable bonds is 7. The van der Waals surface area contributed by atoms with Crippen molar-refractivity contribution in [3.8, 4) is 0 Å². The molecule has 152 valence electrons. The maximum Gasteiger partial charge on any atom is 0.357 e. The zero-order valence-electron chi connectivity index (χ0n) is 16.1. The summed E-state index contributed by atoms with van der Waals surface area (Å²) >= 11 is 1.01. The van der Waals surface area contributed by atoms with E-state index in [0.29, 0.717) is 10.9 Å². The highest BCUT2D eigenvalue weighted by atomic mass is 32.1. The van der Waals surface area contributed by atoms with Gasteiger partial charge >= 0.3 is 11.9 Å². The number of aromatic nitrogens is 2. The van der Waals surface area contributed by atoms with Crippen LogP contribution in [0.1, 0.15) is 46.1 Å². The molecule has 0 bridgehead atoms. The number of hydrogen-bond acceptors (Lipinski definition) is 7. The zero-order valence-corrected chi connectivity index (χ0v) is 16.9. The van der Waals surface area contributed by atoms with Gasteiger partial charge in [0.25, 0.3) is 0 Å². The predicted molar refractivity (Wildman–Crippen MR) is 104 cm³/mol. The van der Waals surface area contributed by atoms with E-state index in [1.165, 1.54) is 41.5 Å². The smallest absolute Gasteiger partial charge is 0.357 e. The summed E-state index contributed by atoms with van der Waals surface area (Å²) in [4.78, 5) is 40.4. The van der Waals surface area contributed by atoms with Gasteiger partial charge in [0, 0.05) is 23.4 Å². The van der Waals surface area contributed by atoms with Gasteiger partial charge in [-0.3, -0.25) is 9.59 Å². The largest absolute Gasteiger partial charge is 0.464 e. The molecule has 0 aliphatic rings. The van der Waals surface area contributed by atoms with E-state index in [9.17, 15) is 18.8 Å². The Morgan fingerprint density at radius 1 is 1.28 bits per heavy atom. The normalized spacial score (nSPS) is 11.1. The third kappa shape index (κ3) is 4.51. The molecule has 0 aliphatic carbocycles. The first-order valence-electron chi connectivity index (χ1n) is 8.82. The maximum atomic E-state index is 13.8. The third-order valence-electron chi connectivity index (χ3n) is 4.12. The molecule has 0 saturated heterocycles. The maximum absolute atomic E-state index is 13.8. The van der Waals surface area contributed by atoms with Crippen LogP contribution in [0, 0.1) is 11.7 Å². The van der Waals surface area contributed by atoms with Gasteiger partial charge in [-0.15, -0.1) is 11.3 Å². The minimum Gasteiger partial charge on any atom is -0.464 e. The average molecular weight is 418 g/mol. The van der Waals surface area contributed by atoms with Gasteiger partial charge < -0.3 is 14.0 Å². The van der Waals surface area contributed by atoms with Gasteiger partial charge in [-0.25, -0.2) is 14.2 Å². The first-order chi connectivity index (χ1) is 13.8. The number of ketones is 1. The molecule has 0 atom stereocenters. The Bertz CT molecular complexity index is 1090. The van der Waals surface area contributed by atoms with Crippen LogP contribution in [0.15, 0.2) is 29.8 Å². The second kappa shape index (κ2) is 8.52. The van der Waals surface area contributed by atoms with E-state index < -0.39 is 17.6 Å². The van der Waals surface area contributed by atoms with Gasteiger partial charge in [-0.05, 0) is 24.1 Å². The molecular formula is C20H19FN2O5S. The predicted octanol–water partition coefficient (Wildman–Crippen LogP) is 3.80. The van der Waals surface area contributed by atoms with Crippen LogP contribution in [0.2, 0.25) is 0 Å². The second-order valence-electron chi connectivity index (χ2n) is 6.78. The molecule has 0 unspecified atom stereocenters. The molecule has 0 N–H and O–H groups in total. The van der Waals surface area contributed by atoms with Crippen molar-refractivity contribution in [1.29, 1.82) is 0 Å². The Labute approximate surface area is 170 Å². The summed E-state index contributed by atoms with van der Waals surface area (Å²) in [5.74, 6) is -1.77. The summed E-state index contributed by atoms with van der Waals surface area (Å²) in [5.41, 5.74) is 0.722. The van der Waals surface area contributed by atoms with Crippen LogP contribution in [0.5, 0.6) is 0 Å². The molecule has 0 saturated carbocycles. The zero-order chi connectivity index (χ0) is 21.1. The van der Waals surface area contributed by atoms with E-state index in [-0.39, 0.29) is 41.3 Å². The van der Waals surface area contributed by atoms with Crippen LogP contribution in [0.3, 0.4) is 0 Å². The van der Waals surface area contributed by atoms with E-state index in [0.717, 1.165) is 11.3 Å². The highest BCUT2D eigenvalue weighted by Crippen LogP contribution is 2.26. The molecule has 0 aliphatic heterocycles. The molecule has 0 radical (unpaired) electrons. The minimum atomic E-state index is -0.637. The van der Waals surface area contributed by atoms with Crippen LogP contribution in [0.25, 0.3) is 10.9 Å². The van der Waals surface area contributed by atoms with Crippen LogP contribution in [-0.4, -0.2) is 34.4 Å². The lowest BCUT2D eigenvalue weighted by Crippen LogP contribution is -2.11. The Morgan fingerprint density at radius 3 is 2.72 bits per heavy atom. The molecule has 3 rings (SSSR count). The van der Waals surface area contributed by atoms with Crippen molar-refractivity contribution in [3.63, 3.8) is 0 Å². The molecule has 0 amide bonds. The fourth-order valence-corrected chi connectivity index (χ4v) is 3.52. The first-order valence-corrected chi connectivity index (χ1v) is 9.70. The Hall–Kier alpha value is -3.07. The standard InChI is InChI=1S/C20H19FN2O5S/c1-11(2)6-17(24)28-10-23-8-14(13-5-4-12(21)7-16(13)23)18(25)19-22-15(9-29-19)20(26)27-3/h4-5,7-9,11H,6,10H2,1-3H3. The molecule has 29 heavy (non-hydrogen) atoms. The Kier molecular flexibility index (Phi) is 6.07. The summed E-state index contributed by atoms with van der Waals surface area (Å²) in [7, 11) is 1.23. The van der Waals surface area contributed by atoms with Crippen molar-refractivity contribution in [2.45, 2.75) is 27.0 Å². The minimum absolute atomic E-state index is 0.0400. The van der Waals surface area contributed by atoms with E-state index >= 15 is 0 Å². The van der Waals surface area contributed by atoms with Gasteiger partial charge in [0.1, 0.15) is 5.82 Å². The van der Waals surface area contributed by atoms with Crippen molar-refractivity contribution in [2.75, 3.05) is 7.11 Å². The van der Waals surface area contributed by atoms with Gasteiger partial charge in [0.2, 0.25) is 5.78 Å². The van der Waals surface area contributed by atoms with Gasteiger partial charge in [0.05, 0.1) is 18.2 Å². The fourth-order valence-electron chi connectivity index (χ4n) is 2.78. The molecule has 0 fully saturated rings. The summed E-state index contributed by atoms with van der Waals surface area (Å²) in [5, 5.41) is 2.03. The number of methoxy groups -OCH3 is 1. The summed E-state index contributed by atoms with van der Waals surface area (Å²) < 4.78 is 25.1. The van der Waals surface area contributed by atoms with E-state index in [1.54, 1.807) is 0 Å². The van der Waals surface area contributed by atoms with Crippen LogP contribution in [0.4, 0.5) is 4.39 Å². The third-order valence-corrected chi connectivity index (χ3v) is 4.96. The summed E-state index contributed by atoms with van der Waals surface area (Å²) in [6.07, 6.45) is 1.75. The molecule has 0 spiro atoms. The van der Waals surface area contributed by atoms with Gasteiger partial charge in [0.15, 0.2) is 17.4 Å². The van der Waals surface area contributed by atoms with E-state index in [4.69, 9.17) is 4.74 Å². The van der Waals surface area contributed by atoms with Crippen LogP contribution in [-0.2, 0) is 21.0 Å². The number of carbonyl (C=O) groups is 3. The van der Waals surface area contributed by atoms with Crippen molar-refractivity contribution in [2.24, 2.45) is 5.92 Å².